The Labute approximate surface area is 101 Å². The molecule has 0 spiro atoms. The molecule has 0 aliphatic heterocycles. The second-order valence-electron chi connectivity index (χ2n) is 3.80. The molecule has 0 saturated carbocycles. The van der Waals surface area contributed by atoms with Gasteiger partial charge in [-0.3, -0.25) is 0 Å². The molecule has 2 aromatic rings. The molecular weight excluding hydrogens is 212 g/mol. The third-order valence-corrected chi connectivity index (χ3v) is 2.46. The van der Waals surface area contributed by atoms with Crippen molar-refractivity contribution in [2.24, 2.45) is 7.05 Å². The van der Waals surface area contributed by atoms with Crippen LogP contribution in [0, 0.1) is 0 Å². The molecule has 0 amide bonds. The Hall–Kier alpha value is -1.94. The van der Waals surface area contributed by atoms with Gasteiger partial charge in [0.2, 0.25) is 0 Å². The zero-order valence-electron chi connectivity index (χ0n) is 9.87. The normalized spacial score (nSPS) is 11.1. The van der Waals surface area contributed by atoms with Gasteiger partial charge in [-0.25, -0.2) is 0 Å². The molecule has 2 rings (SSSR count). The Kier molecular flexibility index (Phi) is 4.05. The Morgan fingerprint density at radius 1 is 1.29 bits per heavy atom. The molecule has 0 bridgehead atoms. The van der Waals surface area contributed by atoms with Crippen LogP contribution in [0.3, 0.4) is 0 Å². The molecule has 1 heterocycles. The monoisotopic (exact) mass is 228 g/mol. The van der Waals surface area contributed by atoms with E-state index in [1.165, 1.54) is 5.56 Å². The van der Waals surface area contributed by atoms with Gasteiger partial charge in [0.1, 0.15) is 12.2 Å². The zero-order chi connectivity index (χ0) is 11.9. The van der Waals surface area contributed by atoms with E-state index in [2.05, 4.69) is 39.8 Å². The maximum Gasteiger partial charge on any atom is 0.146 e. The summed E-state index contributed by atoms with van der Waals surface area (Å²) in [5, 5.41) is 11.1. The van der Waals surface area contributed by atoms with Crippen molar-refractivity contribution in [3.63, 3.8) is 0 Å². The van der Waals surface area contributed by atoms with Gasteiger partial charge >= 0.3 is 0 Å². The summed E-state index contributed by atoms with van der Waals surface area (Å²) < 4.78 is 1.91. The van der Waals surface area contributed by atoms with Gasteiger partial charge in [-0.2, -0.15) is 0 Å². The molecule has 4 nitrogen and oxygen atoms in total. The highest BCUT2D eigenvalue weighted by Crippen LogP contribution is 2.00. The van der Waals surface area contributed by atoms with Gasteiger partial charge in [0, 0.05) is 13.6 Å². The summed E-state index contributed by atoms with van der Waals surface area (Å²) in [5.41, 5.74) is 1.22. The van der Waals surface area contributed by atoms with Crippen molar-refractivity contribution in [2.75, 3.05) is 6.54 Å². The SMILES string of the molecule is Cn1cnnc1CNCC=Cc1ccccc1. The first kappa shape index (κ1) is 11.5. The second kappa shape index (κ2) is 5.96. The number of nitrogens with one attached hydrogen (secondary N) is 1. The first-order valence-corrected chi connectivity index (χ1v) is 5.61. The van der Waals surface area contributed by atoms with Gasteiger partial charge in [-0.15, -0.1) is 10.2 Å². The van der Waals surface area contributed by atoms with Crippen LogP contribution >= 0.6 is 0 Å². The van der Waals surface area contributed by atoms with Gasteiger partial charge in [0.25, 0.3) is 0 Å². The van der Waals surface area contributed by atoms with Crippen LogP contribution in [0.4, 0.5) is 0 Å². The van der Waals surface area contributed by atoms with Gasteiger partial charge in [-0.1, -0.05) is 42.5 Å². The van der Waals surface area contributed by atoms with E-state index in [-0.39, 0.29) is 0 Å². The van der Waals surface area contributed by atoms with Crippen LogP contribution in [-0.2, 0) is 13.6 Å². The summed E-state index contributed by atoms with van der Waals surface area (Å²) in [6.45, 7) is 1.55. The third kappa shape index (κ3) is 3.53. The Morgan fingerprint density at radius 3 is 2.82 bits per heavy atom. The molecule has 4 heteroatoms. The zero-order valence-corrected chi connectivity index (χ0v) is 9.87. The van der Waals surface area contributed by atoms with Crippen LogP contribution in [0.2, 0.25) is 0 Å². The molecule has 0 aliphatic carbocycles. The number of benzene rings is 1. The number of hydrogen-bond donors (Lipinski definition) is 1. The lowest BCUT2D eigenvalue weighted by atomic mass is 10.2. The average molecular weight is 228 g/mol. The van der Waals surface area contributed by atoms with E-state index in [0.717, 1.165) is 18.9 Å². The Balaban J connectivity index is 1.74. The van der Waals surface area contributed by atoms with Crippen molar-refractivity contribution >= 4 is 6.08 Å². The maximum absolute atomic E-state index is 4.00. The number of hydrogen-bond acceptors (Lipinski definition) is 3. The molecule has 1 N–H and O–H groups in total. The van der Waals surface area contributed by atoms with Crippen molar-refractivity contribution in [3.8, 4) is 0 Å². The fraction of sp³-hybridized carbons (Fsp3) is 0.231. The van der Waals surface area contributed by atoms with E-state index in [0.29, 0.717) is 0 Å². The standard InChI is InChI=1S/C13H16N4/c1-17-11-15-16-13(17)10-14-9-5-8-12-6-3-2-4-7-12/h2-8,11,14H,9-10H2,1H3. The predicted molar refractivity (Wildman–Crippen MR) is 68.2 cm³/mol. The van der Waals surface area contributed by atoms with E-state index >= 15 is 0 Å². The second-order valence-corrected chi connectivity index (χ2v) is 3.80. The Morgan fingerprint density at radius 2 is 2.12 bits per heavy atom. The van der Waals surface area contributed by atoms with E-state index in [1.807, 2.05) is 29.8 Å². The number of nitrogens with zero attached hydrogens (tertiary/aromatic N) is 3. The topological polar surface area (TPSA) is 42.7 Å². The quantitative estimate of drug-likeness (QED) is 0.791. The largest absolute Gasteiger partial charge is 0.320 e. The molecule has 17 heavy (non-hydrogen) atoms. The van der Waals surface area contributed by atoms with E-state index in [1.54, 1.807) is 6.33 Å². The van der Waals surface area contributed by atoms with Crippen molar-refractivity contribution in [3.05, 3.63) is 54.1 Å². The average Bonchev–Trinajstić information content (AvgIpc) is 2.76. The molecule has 0 unspecified atom stereocenters. The highest BCUT2D eigenvalue weighted by Gasteiger charge is 1.97. The van der Waals surface area contributed by atoms with E-state index < -0.39 is 0 Å². The lowest BCUT2D eigenvalue weighted by Gasteiger charge is -2.00. The summed E-state index contributed by atoms with van der Waals surface area (Å²) >= 11 is 0. The first-order chi connectivity index (χ1) is 8.36. The van der Waals surface area contributed by atoms with Crippen molar-refractivity contribution in [1.29, 1.82) is 0 Å². The van der Waals surface area contributed by atoms with Gasteiger partial charge in [0.05, 0.1) is 6.54 Å². The smallest absolute Gasteiger partial charge is 0.146 e. The number of aryl methyl sites for hydroxylation is 1. The molecule has 0 aliphatic rings. The van der Waals surface area contributed by atoms with E-state index in [9.17, 15) is 0 Å². The molecule has 0 fully saturated rings. The predicted octanol–water partition coefficient (Wildman–Crippen LogP) is 1.62. The highest BCUT2D eigenvalue weighted by atomic mass is 15.3. The minimum Gasteiger partial charge on any atom is -0.320 e. The lowest BCUT2D eigenvalue weighted by molar-refractivity contribution is 0.679. The van der Waals surface area contributed by atoms with Crippen molar-refractivity contribution in [1.82, 2.24) is 20.1 Å². The van der Waals surface area contributed by atoms with Gasteiger partial charge in [0.15, 0.2) is 0 Å². The summed E-state index contributed by atoms with van der Waals surface area (Å²) in [7, 11) is 1.94. The van der Waals surface area contributed by atoms with Crippen LogP contribution in [0.25, 0.3) is 6.08 Å². The van der Waals surface area contributed by atoms with Gasteiger partial charge in [-0.05, 0) is 5.56 Å². The third-order valence-electron chi connectivity index (χ3n) is 2.46. The molecule has 0 saturated heterocycles. The highest BCUT2D eigenvalue weighted by molar-refractivity contribution is 5.48. The summed E-state index contributed by atoms with van der Waals surface area (Å²) in [6, 6.07) is 10.3. The Bertz CT molecular complexity index is 473. The fourth-order valence-corrected chi connectivity index (χ4v) is 1.49. The van der Waals surface area contributed by atoms with Crippen molar-refractivity contribution in [2.45, 2.75) is 6.54 Å². The van der Waals surface area contributed by atoms with Crippen LogP contribution in [0.15, 0.2) is 42.7 Å². The first-order valence-electron chi connectivity index (χ1n) is 5.61. The fourth-order valence-electron chi connectivity index (χ4n) is 1.49. The minimum atomic E-state index is 0.732. The molecule has 88 valence electrons. The van der Waals surface area contributed by atoms with Crippen LogP contribution in [0.1, 0.15) is 11.4 Å². The molecule has 0 radical (unpaired) electrons. The number of aromatic nitrogens is 3. The van der Waals surface area contributed by atoms with Crippen molar-refractivity contribution < 1.29 is 0 Å². The minimum absolute atomic E-state index is 0.732. The van der Waals surface area contributed by atoms with Crippen LogP contribution < -0.4 is 5.32 Å². The molecular formula is C13H16N4. The van der Waals surface area contributed by atoms with Crippen LogP contribution in [0.5, 0.6) is 0 Å². The van der Waals surface area contributed by atoms with Gasteiger partial charge < -0.3 is 9.88 Å². The number of rotatable bonds is 5. The summed E-state index contributed by atoms with van der Waals surface area (Å²) in [4.78, 5) is 0. The lowest BCUT2D eigenvalue weighted by Crippen LogP contribution is -2.15. The van der Waals surface area contributed by atoms with E-state index in [4.69, 9.17) is 0 Å². The molecule has 0 atom stereocenters. The maximum atomic E-state index is 4.00. The molecule has 1 aromatic carbocycles. The summed E-state index contributed by atoms with van der Waals surface area (Å²) in [5.74, 6) is 0.943. The molecule has 1 aromatic heterocycles. The summed E-state index contributed by atoms with van der Waals surface area (Å²) in [6.07, 6.45) is 5.91. The van der Waals surface area contributed by atoms with Crippen LogP contribution in [-0.4, -0.2) is 21.3 Å².